The predicted molar refractivity (Wildman–Crippen MR) is 140 cm³/mol. The fraction of sp³-hybridized carbons (Fsp3) is 0.607. The van der Waals surface area contributed by atoms with Crippen LogP contribution in [0.4, 0.5) is 10.5 Å². The van der Waals surface area contributed by atoms with Gasteiger partial charge in [0.25, 0.3) is 11.8 Å². The minimum absolute atomic E-state index is 0.0375. The molecule has 2 heterocycles. The van der Waals surface area contributed by atoms with E-state index in [-0.39, 0.29) is 31.3 Å². The predicted octanol–water partition coefficient (Wildman–Crippen LogP) is 4.41. The second kappa shape index (κ2) is 11.5. The Morgan fingerprint density at radius 3 is 2.32 bits per heavy atom. The number of amides is 4. The van der Waals surface area contributed by atoms with Crippen LogP contribution in [0, 0.1) is 0 Å². The lowest BCUT2D eigenvalue weighted by Gasteiger charge is -2.35. The first-order valence-corrected chi connectivity index (χ1v) is 13.2. The van der Waals surface area contributed by atoms with Crippen molar-refractivity contribution < 1.29 is 33.4 Å². The van der Waals surface area contributed by atoms with Crippen molar-refractivity contribution in [3.8, 4) is 0 Å². The van der Waals surface area contributed by atoms with Gasteiger partial charge in [0.2, 0.25) is 5.91 Å². The minimum Gasteiger partial charge on any atom is -0.460 e. The van der Waals surface area contributed by atoms with E-state index in [1.165, 1.54) is 4.90 Å². The molecule has 1 aromatic carbocycles. The Balaban J connectivity index is 1.59. The van der Waals surface area contributed by atoms with Crippen LogP contribution in [0.15, 0.2) is 18.2 Å². The fourth-order valence-electron chi connectivity index (χ4n) is 4.51. The summed E-state index contributed by atoms with van der Waals surface area (Å²) < 4.78 is 10.6. The summed E-state index contributed by atoms with van der Waals surface area (Å²) in [5, 5.41) is 3.37. The smallest absolute Gasteiger partial charge is 0.424 e. The fourth-order valence-corrected chi connectivity index (χ4v) is 4.51. The molecule has 208 valence electrons. The number of nitrogens with one attached hydrogen (secondary N) is 1. The number of likely N-dealkylation sites (tertiary alicyclic amines) is 1. The van der Waals surface area contributed by atoms with E-state index in [0.717, 1.165) is 30.5 Å². The molecule has 1 aromatic rings. The molecule has 2 aliphatic rings. The van der Waals surface area contributed by atoms with Crippen molar-refractivity contribution in [1.29, 1.82) is 0 Å². The van der Waals surface area contributed by atoms with E-state index in [1.807, 2.05) is 26.8 Å². The van der Waals surface area contributed by atoms with Crippen LogP contribution in [0.2, 0.25) is 0 Å². The van der Waals surface area contributed by atoms with Gasteiger partial charge in [-0.3, -0.25) is 19.2 Å². The van der Waals surface area contributed by atoms with Gasteiger partial charge < -0.3 is 19.7 Å². The van der Waals surface area contributed by atoms with E-state index in [9.17, 15) is 24.0 Å². The Morgan fingerprint density at radius 2 is 1.66 bits per heavy atom. The monoisotopic (exact) mass is 529 g/mol. The number of benzene rings is 1. The molecule has 2 aliphatic heterocycles. The molecule has 0 bridgehead atoms. The Labute approximate surface area is 224 Å². The second-order valence-corrected chi connectivity index (χ2v) is 11.7. The van der Waals surface area contributed by atoms with Crippen LogP contribution in [-0.2, 0) is 30.4 Å². The third-order valence-corrected chi connectivity index (χ3v) is 6.13. The largest absolute Gasteiger partial charge is 0.460 e. The molecular formula is C28H39N3O7. The van der Waals surface area contributed by atoms with Gasteiger partial charge in [0.15, 0.2) is 0 Å². The molecule has 0 aromatic heterocycles. The summed E-state index contributed by atoms with van der Waals surface area (Å²) in [7, 11) is 0. The van der Waals surface area contributed by atoms with Crippen molar-refractivity contribution in [2.75, 3.05) is 11.9 Å². The highest BCUT2D eigenvalue weighted by Gasteiger charge is 2.46. The third kappa shape index (κ3) is 7.33. The number of carbonyl (C=O) groups excluding carboxylic acids is 5. The Kier molecular flexibility index (Phi) is 8.84. The van der Waals surface area contributed by atoms with E-state index in [2.05, 4.69) is 5.32 Å². The number of esters is 1. The van der Waals surface area contributed by atoms with E-state index < -0.39 is 35.2 Å². The molecule has 10 heteroatoms. The van der Waals surface area contributed by atoms with Crippen molar-refractivity contribution in [2.45, 2.75) is 104 Å². The topological polar surface area (TPSA) is 122 Å². The van der Waals surface area contributed by atoms with Crippen LogP contribution in [0.1, 0.15) is 96.0 Å². The molecule has 10 nitrogen and oxygen atoms in total. The molecular weight excluding hydrogens is 490 g/mol. The van der Waals surface area contributed by atoms with Gasteiger partial charge in [0, 0.05) is 42.7 Å². The number of imide groups is 3. The standard InChI is InChI=1S/C28H39N3O7/c1-27(2,3)37-23(33)13-8-7-9-16-29-20-12-10-11-18-19(20)17-30(24(18)34)21-14-15-22(32)31(25(21)35)26(36)38-28(4,5)6/h10-12,21,29H,7-9,13-17H2,1-6H3. The summed E-state index contributed by atoms with van der Waals surface area (Å²) in [6.07, 6.45) is 1.87. The van der Waals surface area contributed by atoms with Crippen LogP contribution in [-0.4, -0.2) is 63.4 Å². The number of carbonyl (C=O) groups is 5. The van der Waals surface area contributed by atoms with Gasteiger partial charge in [0.1, 0.15) is 17.2 Å². The molecule has 0 saturated carbocycles. The first-order chi connectivity index (χ1) is 17.7. The molecule has 1 unspecified atom stereocenters. The number of anilines is 1. The lowest BCUT2D eigenvalue weighted by atomic mass is 10.0. The number of hydrogen-bond donors (Lipinski definition) is 1. The van der Waals surface area contributed by atoms with Crippen molar-refractivity contribution in [1.82, 2.24) is 9.80 Å². The number of rotatable bonds is 8. The van der Waals surface area contributed by atoms with Crippen LogP contribution in [0.3, 0.4) is 0 Å². The summed E-state index contributed by atoms with van der Waals surface area (Å²) in [6, 6.07) is 4.45. The SMILES string of the molecule is CC(C)(C)OC(=O)CCCCCNc1cccc2c1CN(C1CCC(=O)N(C(=O)OC(C)(C)C)C1=O)C2=O. The van der Waals surface area contributed by atoms with Crippen molar-refractivity contribution in [3.63, 3.8) is 0 Å². The molecule has 0 aliphatic carbocycles. The molecule has 0 spiro atoms. The van der Waals surface area contributed by atoms with E-state index in [4.69, 9.17) is 9.47 Å². The Morgan fingerprint density at radius 1 is 0.974 bits per heavy atom. The van der Waals surface area contributed by atoms with E-state index in [0.29, 0.717) is 23.4 Å². The summed E-state index contributed by atoms with van der Waals surface area (Å²) >= 11 is 0. The van der Waals surface area contributed by atoms with Gasteiger partial charge in [0.05, 0.1) is 0 Å². The maximum Gasteiger partial charge on any atom is 0.424 e. The number of ether oxygens (including phenoxy) is 2. The number of fused-ring (bicyclic) bond motifs is 1. The molecule has 38 heavy (non-hydrogen) atoms. The quantitative estimate of drug-likeness (QED) is 0.299. The van der Waals surface area contributed by atoms with Gasteiger partial charge in [-0.25, -0.2) is 4.79 Å². The molecule has 1 N–H and O–H groups in total. The molecule has 0 radical (unpaired) electrons. The maximum absolute atomic E-state index is 13.2. The highest BCUT2D eigenvalue weighted by Crippen LogP contribution is 2.33. The number of piperidine rings is 1. The summed E-state index contributed by atoms with van der Waals surface area (Å²) in [6.45, 7) is 11.3. The van der Waals surface area contributed by atoms with Crippen molar-refractivity contribution in [2.24, 2.45) is 0 Å². The molecule has 3 rings (SSSR count). The zero-order chi connectivity index (χ0) is 28.3. The number of unbranched alkanes of at least 4 members (excludes halogenated alkanes) is 2. The third-order valence-electron chi connectivity index (χ3n) is 6.13. The molecule has 4 amide bonds. The van der Waals surface area contributed by atoms with E-state index >= 15 is 0 Å². The zero-order valence-corrected chi connectivity index (χ0v) is 23.2. The summed E-state index contributed by atoms with van der Waals surface area (Å²) in [5.74, 6) is -1.87. The molecule has 1 atom stereocenters. The molecule has 1 fully saturated rings. The van der Waals surface area contributed by atoms with Crippen LogP contribution < -0.4 is 5.32 Å². The summed E-state index contributed by atoms with van der Waals surface area (Å²) in [5.41, 5.74) is 0.714. The van der Waals surface area contributed by atoms with Gasteiger partial charge >= 0.3 is 12.1 Å². The Hall–Kier alpha value is -3.43. The van der Waals surface area contributed by atoms with Gasteiger partial charge in [-0.2, -0.15) is 4.90 Å². The van der Waals surface area contributed by atoms with Crippen molar-refractivity contribution >= 4 is 35.5 Å². The second-order valence-electron chi connectivity index (χ2n) is 11.7. The maximum atomic E-state index is 13.2. The lowest BCUT2D eigenvalue weighted by Crippen LogP contribution is -2.57. The average molecular weight is 530 g/mol. The zero-order valence-electron chi connectivity index (χ0n) is 23.2. The van der Waals surface area contributed by atoms with Gasteiger partial charge in [-0.15, -0.1) is 0 Å². The minimum atomic E-state index is -1.02. The first kappa shape index (κ1) is 29.1. The van der Waals surface area contributed by atoms with Crippen molar-refractivity contribution in [3.05, 3.63) is 29.3 Å². The highest BCUT2D eigenvalue weighted by molar-refractivity contribution is 6.13. The Bertz CT molecular complexity index is 1100. The van der Waals surface area contributed by atoms with E-state index in [1.54, 1.807) is 32.9 Å². The molecule has 1 saturated heterocycles. The normalized spacial score (nSPS) is 17.9. The number of hydrogen-bond acceptors (Lipinski definition) is 8. The first-order valence-electron chi connectivity index (χ1n) is 13.2. The number of nitrogens with zero attached hydrogens (tertiary/aromatic N) is 2. The average Bonchev–Trinajstić information content (AvgIpc) is 3.11. The van der Waals surface area contributed by atoms with Crippen LogP contribution in [0.25, 0.3) is 0 Å². The van der Waals surface area contributed by atoms with Gasteiger partial charge in [-0.05, 0) is 72.9 Å². The lowest BCUT2D eigenvalue weighted by molar-refractivity contribution is -0.155. The van der Waals surface area contributed by atoms with Crippen LogP contribution in [0.5, 0.6) is 0 Å². The highest BCUT2D eigenvalue weighted by atomic mass is 16.6. The van der Waals surface area contributed by atoms with Crippen LogP contribution >= 0.6 is 0 Å². The van der Waals surface area contributed by atoms with Gasteiger partial charge in [-0.1, -0.05) is 12.5 Å². The summed E-state index contributed by atoms with van der Waals surface area (Å²) in [4.78, 5) is 65.2.